The second-order valence-corrected chi connectivity index (χ2v) is 3.09. The van der Waals surface area contributed by atoms with Gasteiger partial charge in [-0.25, -0.2) is 9.78 Å². The Morgan fingerprint density at radius 3 is 2.93 bits per heavy atom. The molecule has 1 aromatic heterocycles. The van der Waals surface area contributed by atoms with Crippen molar-refractivity contribution in [2.45, 2.75) is 0 Å². The number of rotatable bonds is 5. The number of carbonyl (C=O) groups is 1. The van der Waals surface area contributed by atoms with Crippen LogP contribution in [0.25, 0.3) is 0 Å². The van der Waals surface area contributed by atoms with Crippen LogP contribution in [0, 0.1) is 0 Å². The summed E-state index contributed by atoms with van der Waals surface area (Å²) in [6.45, 7) is 1.55. The molecule has 0 aliphatic heterocycles. The van der Waals surface area contributed by atoms with Crippen molar-refractivity contribution in [2.75, 3.05) is 32.1 Å². The van der Waals surface area contributed by atoms with Crippen LogP contribution in [0.4, 0.5) is 5.82 Å². The molecule has 0 bridgehead atoms. The highest BCUT2D eigenvalue weighted by Crippen LogP contribution is 2.06. The molecule has 82 valence electrons. The van der Waals surface area contributed by atoms with E-state index < -0.39 is 5.97 Å². The molecule has 6 heteroatoms. The van der Waals surface area contributed by atoms with Crippen molar-refractivity contribution < 1.29 is 9.90 Å². The Kier molecular flexibility index (Phi) is 3.99. The quantitative estimate of drug-likeness (QED) is 0.702. The lowest BCUT2D eigenvalue weighted by atomic mass is 10.4. The number of aromatic nitrogens is 2. The molecule has 0 spiro atoms. The summed E-state index contributed by atoms with van der Waals surface area (Å²) in [6, 6.07) is 0. The van der Waals surface area contributed by atoms with Crippen LogP contribution in [-0.4, -0.2) is 48.2 Å². The molecule has 0 fully saturated rings. The normalized spacial score (nSPS) is 10.0. The van der Waals surface area contributed by atoms with E-state index in [-0.39, 0.29) is 5.69 Å². The number of carboxylic acid groups (broad SMARTS) is 1. The van der Waals surface area contributed by atoms with Crippen LogP contribution in [-0.2, 0) is 0 Å². The highest BCUT2D eigenvalue weighted by atomic mass is 16.4. The van der Waals surface area contributed by atoms with Crippen molar-refractivity contribution in [1.29, 1.82) is 0 Å². The maximum Gasteiger partial charge on any atom is 0.356 e. The molecule has 1 aromatic rings. The van der Waals surface area contributed by atoms with Gasteiger partial charge in [0.05, 0.1) is 12.4 Å². The predicted molar refractivity (Wildman–Crippen MR) is 56.2 cm³/mol. The molecule has 2 N–H and O–H groups in total. The molecule has 0 aromatic carbocycles. The van der Waals surface area contributed by atoms with E-state index in [2.05, 4.69) is 15.3 Å². The van der Waals surface area contributed by atoms with Crippen molar-refractivity contribution in [3.05, 3.63) is 18.1 Å². The highest BCUT2D eigenvalue weighted by molar-refractivity contribution is 5.85. The van der Waals surface area contributed by atoms with E-state index >= 15 is 0 Å². The van der Waals surface area contributed by atoms with E-state index in [0.717, 1.165) is 13.1 Å². The third kappa shape index (κ3) is 3.17. The summed E-state index contributed by atoms with van der Waals surface area (Å²) in [4.78, 5) is 20.3. The molecular weight excluding hydrogens is 196 g/mol. The summed E-state index contributed by atoms with van der Waals surface area (Å²) in [5.74, 6) is -0.503. The summed E-state index contributed by atoms with van der Waals surface area (Å²) in [5.41, 5.74) is -0.0381. The number of hydrogen-bond donors (Lipinski definition) is 2. The van der Waals surface area contributed by atoms with Gasteiger partial charge in [-0.1, -0.05) is 0 Å². The fourth-order valence-corrected chi connectivity index (χ4v) is 1.04. The minimum atomic E-state index is -1.06. The van der Waals surface area contributed by atoms with Crippen molar-refractivity contribution in [3.63, 3.8) is 0 Å². The van der Waals surface area contributed by atoms with Crippen molar-refractivity contribution in [3.8, 4) is 0 Å². The Morgan fingerprint density at radius 1 is 1.60 bits per heavy atom. The van der Waals surface area contributed by atoms with Crippen LogP contribution in [0.1, 0.15) is 10.5 Å². The average molecular weight is 210 g/mol. The zero-order valence-electron chi connectivity index (χ0n) is 8.77. The Bertz CT molecular complexity index is 343. The van der Waals surface area contributed by atoms with Gasteiger partial charge in [-0.05, 0) is 7.05 Å². The van der Waals surface area contributed by atoms with Gasteiger partial charge in [-0.3, -0.25) is 4.98 Å². The van der Waals surface area contributed by atoms with Crippen LogP contribution in [0.2, 0.25) is 0 Å². The van der Waals surface area contributed by atoms with Crippen molar-refractivity contribution >= 4 is 11.8 Å². The summed E-state index contributed by atoms with van der Waals surface area (Å²) in [5, 5.41) is 11.7. The zero-order chi connectivity index (χ0) is 11.3. The number of likely N-dealkylation sites (N-methyl/N-ethyl adjacent to an activating group) is 2. The summed E-state index contributed by atoms with van der Waals surface area (Å²) >= 11 is 0. The monoisotopic (exact) mass is 210 g/mol. The van der Waals surface area contributed by atoms with Crippen molar-refractivity contribution in [1.82, 2.24) is 15.3 Å². The van der Waals surface area contributed by atoms with Gasteiger partial charge >= 0.3 is 5.97 Å². The van der Waals surface area contributed by atoms with Gasteiger partial charge in [0.25, 0.3) is 0 Å². The molecule has 0 amide bonds. The number of anilines is 1. The Labute approximate surface area is 88.0 Å². The second kappa shape index (κ2) is 5.26. The average Bonchev–Trinajstić information content (AvgIpc) is 2.26. The van der Waals surface area contributed by atoms with Crippen molar-refractivity contribution in [2.24, 2.45) is 0 Å². The van der Waals surface area contributed by atoms with E-state index in [1.807, 2.05) is 19.0 Å². The van der Waals surface area contributed by atoms with E-state index in [1.165, 1.54) is 6.20 Å². The highest BCUT2D eigenvalue weighted by Gasteiger charge is 2.08. The maximum atomic E-state index is 10.7. The molecule has 1 rings (SSSR count). The fraction of sp³-hybridized carbons (Fsp3) is 0.444. The minimum absolute atomic E-state index is 0.0381. The molecule has 0 saturated heterocycles. The standard InChI is InChI=1S/C9H14N4O2/c1-10-3-4-13(2)8-6-11-5-7(12-8)9(14)15/h5-6,10H,3-4H2,1-2H3,(H,14,15). The van der Waals surface area contributed by atoms with Crippen LogP contribution in [0.3, 0.4) is 0 Å². The van der Waals surface area contributed by atoms with E-state index in [1.54, 1.807) is 6.20 Å². The second-order valence-electron chi connectivity index (χ2n) is 3.09. The smallest absolute Gasteiger partial charge is 0.356 e. The molecule has 0 radical (unpaired) electrons. The lowest BCUT2D eigenvalue weighted by molar-refractivity contribution is 0.0690. The molecule has 0 unspecified atom stereocenters. The largest absolute Gasteiger partial charge is 0.476 e. The summed E-state index contributed by atoms with van der Waals surface area (Å²) in [7, 11) is 3.69. The molecule has 0 aliphatic rings. The number of nitrogens with zero attached hydrogens (tertiary/aromatic N) is 3. The van der Waals surface area contributed by atoms with Gasteiger partial charge in [0.15, 0.2) is 5.69 Å². The van der Waals surface area contributed by atoms with E-state index in [9.17, 15) is 4.79 Å². The number of nitrogens with one attached hydrogen (secondary N) is 1. The number of aromatic carboxylic acids is 1. The van der Waals surface area contributed by atoms with Crippen LogP contribution in [0.5, 0.6) is 0 Å². The van der Waals surface area contributed by atoms with Gasteiger partial charge in [0.1, 0.15) is 5.82 Å². The Hall–Kier alpha value is -1.69. The van der Waals surface area contributed by atoms with Gasteiger partial charge in [-0.2, -0.15) is 0 Å². The van der Waals surface area contributed by atoms with E-state index in [4.69, 9.17) is 5.11 Å². The SMILES string of the molecule is CNCCN(C)c1cncc(C(=O)O)n1. The lowest BCUT2D eigenvalue weighted by Gasteiger charge is -2.17. The minimum Gasteiger partial charge on any atom is -0.476 e. The molecule has 0 atom stereocenters. The first-order valence-corrected chi connectivity index (χ1v) is 4.56. The molecule has 0 saturated carbocycles. The lowest BCUT2D eigenvalue weighted by Crippen LogP contribution is -2.28. The maximum absolute atomic E-state index is 10.7. The first kappa shape index (κ1) is 11.4. The zero-order valence-corrected chi connectivity index (χ0v) is 8.77. The third-order valence-electron chi connectivity index (χ3n) is 1.93. The van der Waals surface area contributed by atoms with Crippen LogP contribution < -0.4 is 10.2 Å². The molecule has 15 heavy (non-hydrogen) atoms. The predicted octanol–water partition coefficient (Wildman–Crippen LogP) is -0.170. The first-order valence-electron chi connectivity index (χ1n) is 4.56. The number of carboxylic acids is 1. The first-order chi connectivity index (χ1) is 7.15. The Morgan fingerprint density at radius 2 is 2.33 bits per heavy atom. The molecular formula is C9H14N4O2. The van der Waals surface area contributed by atoms with Gasteiger partial charge in [-0.15, -0.1) is 0 Å². The van der Waals surface area contributed by atoms with Crippen LogP contribution >= 0.6 is 0 Å². The van der Waals surface area contributed by atoms with Gasteiger partial charge < -0.3 is 15.3 Å². The van der Waals surface area contributed by atoms with Gasteiger partial charge in [0.2, 0.25) is 0 Å². The fourth-order valence-electron chi connectivity index (χ4n) is 1.04. The molecule has 1 heterocycles. The summed E-state index contributed by atoms with van der Waals surface area (Å²) < 4.78 is 0. The van der Waals surface area contributed by atoms with Gasteiger partial charge in [0, 0.05) is 20.1 Å². The number of hydrogen-bond acceptors (Lipinski definition) is 5. The van der Waals surface area contributed by atoms with Crippen LogP contribution in [0.15, 0.2) is 12.4 Å². The topological polar surface area (TPSA) is 78.4 Å². The van der Waals surface area contributed by atoms with E-state index in [0.29, 0.717) is 5.82 Å². The Balaban J connectivity index is 2.76. The third-order valence-corrected chi connectivity index (χ3v) is 1.93. The summed E-state index contributed by atoms with van der Waals surface area (Å²) in [6.07, 6.45) is 2.78. The molecule has 0 aliphatic carbocycles. The molecule has 6 nitrogen and oxygen atoms in total.